The summed E-state index contributed by atoms with van der Waals surface area (Å²) in [6.07, 6.45) is 0.526. The Hall–Kier alpha value is -1.65. The van der Waals surface area contributed by atoms with E-state index in [2.05, 4.69) is 5.32 Å². The topological polar surface area (TPSA) is 110 Å². The molecule has 0 radical (unpaired) electrons. The third kappa shape index (κ3) is 5.20. The summed E-state index contributed by atoms with van der Waals surface area (Å²) < 4.78 is 55.0. The van der Waals surface area contributed by atoms with Gasteiger partial charge in [-0.05, 0) is 30.5 Å². The van der Waals surface area contributed by atoms with Crippen LogP contribution in [0.3, 0.4) is 0 Å². The maximum atomic E-state index is 12.7. The number of nitrogens with one attached hydrogen (secondary N) is 1. The van der Waals surface area contributed by atoms with E-state index in [1.54, 1.807) is 13.8 Å². The van der Waals surface area contributed by atoms with Crippen molar-refractivity contribution in [3.63, 3.8) is 0 Å². The first kappa shape index (κ1) is 21.6. The monoisotopic (exact) mass is 418 g/mol. The van der Waals surface area contributed by atoms with Crippen LogP contribution in [-0.4, -0.2) is 58.8 Å². The Balaban J connectivity index is 2.21. The van der Waals surface area contributed by atoms with Crippen molar-refractivity contribution in [3.8, 4) is 5.75 Å². The lowest BCUT2D eigenvalue weighted by Gasteiger charge is -2.20. The van der Waals surface area contributed by atoms with Crippen LogP contribution >= 0.6 is 0 Å². The molecule has 0 aromatic heterocycles. The molecule has 1 atom stereocenters. The molecule has 1 aliphatic heterocycles. The Morgan fingerprint density at radius 2 is 1.96 bits per heavy atom. The van der Waals surface area contributed by atoms with Gasteiger partial charge in [0.2, 0.25) is 15.9 Å². The highest BCUT2D eigenvalue weighted by atomic mass is 32.2. The Morgan fingerprint density at radius 1 is 1.30 bits per heavy atom. The van der Waals surface area contributed by atoms with E-state index in [1.807, 2.05) is 0 Å². The Morgan fingerprint density at radius 3 is 2.48 bits per heavy atom. The van der Waals surface area contributed by atoms with Crippen LogP contribution in [-0.2, 0) is 24.7 Å². The average Bonchev–Trinajstić information content (AvgIpc) is 2.93. The van der Waals surface area contributed by atoms with Crippen molar-refractivity contribution in [1.82, 2.24) is 4.31 Å². The zero-order chi connectivity index (χ0) is 20.2. The van der Waals surface area contributed by atoms with Gasteiger partial charge in [0.15, 0.2) is 9.84 Å². The molecule has 1 aromatic carbocycles. The van der Waals surface area contributed by atoms with E-state index in [-0.39, 0.29) is 40.3 Å². The van der Waals surface area contributed by atoms with Gasteiger partial charge in [0, 0.05) is 19.5 Å². The molecule has 8 nitrogen and oxygen atoms in total. The lowest BCUT2D eigenvalue weighted by atomic mass is 10.0. The van der Waals surface area contributed by atoms with Crippen LogP contribution in [0.25, 0.3) is 0 Å². The Bertz CT molecular complexity index is 892. The first-order valence-corrected chi connectivity index (χ1v) is 12.1. The maximum absolute atomic E-state index is 12.7. The number of anilines is 1. The van der Waals surface area contributed by atoms with E-state index < -0.39 is 19.9 Å². The van der Waals surface area contributed by atoms with Crippen molar-refractivity contribution < 1.29 is 26.4 Å². The van der Waals surface area contributed by atoms with E-state index in [0.717, 1.165) is 0 Å². The summed E-state index contributed by atoms with van der Waals surface area (Å²) in [5.41, 5.74) is 0.247. The van der Waals surface area contributed by atoms with Gasteiger partial charge in [-0.25, -0.2) is 16.8 Å². The minimum atomic E-state index is -3.68. The number of hydrogen-bond acceptors (Lipinski definition) is 6. The smallest absolute Gasteiger partial charge is 0.243 e. The van der Waals surface area contributed by atoms with Crippen molar-refractivity contribution in [2.24, 2.45) is 5.92 Å². The van der Waals surface area contributed by atoms with Crippen LogP contribution in [0, 0.1) is 5.92 Å². The summed E-state index contributed by atoms with van der Waals surface area (Å²) in [6.45, 7) is 4.18. The van der Waals surface area contributed by atoms with Crippen LogP contribution < -0.4 is 10.1 Å². The summed E-state index contributed by atoms with van der Waals surface area (Å²) in [6, 6.07) is 4.30. The van der Waals surface area contributed by atoms with Gasteiger partial charge < -0.3 is 10.1 Å². The fourth-order valence-electron chi connectivity index (χ4n) is 3.15. The number of benzene rings is 1. The average molecular weight is 419 g/mol. The number of nitrogens with zero attached hydrogens (tertiary/aromatic N) is 1. The van der Waals surface area contributed by atoms with E-state index in [9.17, 15) is 21.6 Å². The first-order valence-electron chi connectivity index (χ1n) is 8.81. The molecule has 0 saturated carbocycles. The van der Waals surface area contributed by atoms with Crippen LogP contribution in [0.2, 0.25) is 0 Å². The molecule has 0 bridgehead atoms. The highest BCUT2D eigenvalue weighted by molar-refractivity contribution is 7.91. The summed E-state index contributed by atoms with van der Waals surface area (Å²) in [7, 11) is -5.31. The van der Waals surface area contributed by atoms with Gasteiger partial charge in [-0.3, -0.25) is 4.79 Å². The summed E-state index contributed by atoms with van der Waals surface area (Å²) in [5.74, 6) is -0.142. The molecule has 1 amide bonds. The normalized spacial score (nSPS) is 19.2. The number of ether oxygens (including phenoxy) is 1. The number of amides is 1. The highest BCUT2D eigenvalue weighted by Gasteiger charge is 2.30. The number of carbonyl (C=O) groups excluding carboxylic acids is 1. The third-order valence-corrected chi connectivity index (χ3v) is 8.47. The number of carbonyl (C=O) groups is 1. The molecule has 27 heavy (non-hydrogen) atoms. The predicted octanol–water partition coefficient (Wildman–Crippen LogP) is 1.49. The maximum Gasteiger partial charge on any atom is 0.243 e. The second kappa shape index (κ2) is 8.57. The quantitative estimate of drug-likeness (QED) is 0.685. The van der Waals surface area contributed by atoms with Crippen LogP contribution in [0.4, 0.5) is 5.69 Å². The van der Waals surface area contributed by atoms with Crippen LogP contribution in [0.5, 0.6) is 5.75 Å². The van der Waals surface area contributed by atoms with Gasteiger partial charge >= 0.3 is 0 Å². The van der Waals surface area contributed by atoms with Crippen molar-refractivity contribution in [2.75, 3.05) is 37.0 Å². The molecule has 1 aliphatic rings. The molecule has 1 aromatic rings. The van der Waals surface area contributed by atoms with Gasteiger partial charge in [-0.2, -0.15) is 4.31 Å². The molecule has 0 spiro atoms. The van der Waals surface area contributed by atoms with Crippen molar-refractivity contribution in [3.05, 3.63) is 18.2 Å². The number of hydrogen-bond donors (Lipinski definition) is 1. The third-order valence-electron chi connectivity index (χ3n) is 4.59. The molecule has 1 saturated heterocycles. The standard InChI is InChI=1S/C17H26N2O6S2/c1-4-19(5-2)27(23,24)14-6-7-16(25-3)15(11-14)18-17(20)10-13-8-9-26(21,22)12-13/h6-7,11,13H,4-5,8-10,12H2,1-3H3,(H,18,20)/t13-/m1/s1. The Labute approximate surface area is 160 Å². The van der Waals surface area contributed by atoms with Gasteiger partial charge in [0.05, 0.1) is 29.2 Å². The molecule has 1 heterocycles. The largest absolute Gasteiger partial charge is 0.495 e. The summed E-state index contributed by atoms with van der Waals surface area (Å²) in [4.78, 5) is 12.4. The van der Waals surface area contributed by atoms with Crippen molar-refractivity contribution >= 4 is 31.5 Å². The van der Waals surface area contributed by atoms with E-state index in [1.165, 1.54) is 29.6 Å². The second-order valence-corrected chi connectivity index (χ2v) is 10.6. The number of methoxy groups -OCH3 is 1. The zero-order valence-electron chi connectivity index (χ0n) is 15.8. The molecule has 10 heteroatoms. The molecule has 0 unspecified atom stereocenters. The number of rotatable bonds is 8. The molecule has 1 fully saturated rings. The number of sulfonamides is 1. The van der Waals surface area contributed by atoms with E-state index in [4.69, 9.17) is 4.74 Å². The fourth-order valence-corrected chi connectivity index (χ4v) is 6.50. The molecule has 152 valence electrons. The predicted molar refractivity (Wildman–Crippen MR) is 103 cm³/mol. The van der Waals surface area contributed by atoms with Crippen LogP contribution in [0.1, 0.15) is 26.7 Å². The Kier molecular flexibility index (Phi) is 6.87. The summed E-state index contributed by atoms with van der Waals surface area (Å²) >= 11 is 0. The van der Waals surface area contributed by atoms with Crippen molar-refractivity contribution in [2.45, 2.75) is 31.6 Å². The van der Waals surface area contributed by atoms with Gasteiger partial charge in [-0.1, -0.05) is 13.8 Å². The minimum absolute atomic E-state index is 0.00787. The van der Waals surface area contributed by atoms with Gasteiger partial charge in [-0.15, -0.1) is 0 Å². The zero-order valence-corrected chi connectivity index (χ0v) is 17.4. The van der Waals surface area contributed by atoms with E-state index >= 15 is 0 Å². The SMILES string of the molecule is CCN(CC)S(=O)(=O)c1ccc(OC)c(NC(=O)C[C@H]2CCS(=O)(=O)C2)c1. The van der Waals surface area contributed by atoms with Gasteiger partial charge in [0.25, 0.3) is 0 Å². The van der Waals surface area contributed by atoms with Gasteiger partial charge in [0.1, 0.15) is 5.75 Å². The first-order chi connectivity index (χ1) is 12.6. The minimum Gasteiger partial charge on any atom is -0.495 e. The molecule has 2 rings (SSSR count). The van der Waals surface area contributed by atoms with E-state index in [0.29, 0.717) is 25.3 Å². The lowest BCUT2D eigenvalue weighted by molar-refractivity contribution is -0.116. The summed E-state index contributed by atoms with van der Waals surface area (Å²) in [5, 5.41) is 2.66. The molecular formula is C17H26N2O6S2. The fraction of sp³-hybridized carbons (Fsp3) is 0.588. The van der Waals surface area contributed by atoms with Crippen LogP contribution in [0.15, 0.2) is 23.1 Å². The number of sulfone groups is 1. The molecular weight excluding hydrogens is 392 g/mol. The molecule has 1 N–H and O–H groups in total. The second-order valence-electron chi connectivity index (χ2n) is 6.47. The lowest BCUT2D eigenvalue weighted by Crippen LogP contribution is -2.30. The highest BCUT2D eigenvalue weighted by Crippen LogP contribution is 2.30. The van der Waals surface area contributed by atoms with Crippen molar-refractivity contribution in [1.29, 1.82) is 0 Å². The molecule has 0 aliphatic carbocycles.